The van der Waals surface area contributed by atoms with Crippen molar-refractivity contribution in [2.24, 2.45) is 5.92 Å². The summed E-state index contributed by atoms with van der Waals surface area (Å²) in [5.41, 5.74) is 1.20. The SMILES string of the molecule is CCc1nc(CN2CCCCC2C2CCCC2=O)cs1. The van der Waals surface area contributed by atoms with Gasteiger partial charge in [-0.05, 0) is 38.6 Å². The summed E-state index contributed by atoms with van der Waals surface area (Å²) in [4.78, 5) is 19.3. The molecule has 1 aliphatic carbocycles. The Bertz CT molecular complexity index is 471. The van der Waals surface area contributed by atoms with Crippen LogP contribution in [0.5, 0.6) is 0 Å². The van der Waals surface area contributed by atoms with Gasteiger partial charge in [-0.2, -0.15) is 0 Å². The predicted octanol–water partition coefficient (Wildman–Crippen LogP) is 3.43. The molecule has 0 bridgehead atoms. The van der Waals surface area contributed by atoms with E-state index in [0.717, 1.165) is 38.8 Å². The molecule has 4 heteroatoms. The largest absolute Gasteiger partial charge is 0.299 e. The zero-order valence-electron chi connectivity index (χ0n) is 12.3. The number of ketones is 1. The van der Waals surface area contributed by atoms with Crippen LogP contribution < -0.4 is 0 Å². The van der Waals surface area contributed by atoms with Crippen LogP contribution >= 0.6 is 11.3 Å². The van der Waals surface area contributed by atoms with Crippen molar-refractivity contribution in [3.63, 3.8) is 0 Å². The van der Waals surface area contributed by atoms with Gasteiger partial charge in [0.2, 0.25) is 0 Å². The maximum absolute atomic E-state index is 12.1. The van der Waals surface area contributed by atoms with Crippen LogP contribution in [0.2, 0.25) is 0 Å². The van der Waals surface area contributed by atoms with E-state index in [0.29, 0.717) is 17.7 Å². The number of nitrogens with zero attached hydrogens (tertiary/aromatic N) is 2. The first-order valence-corrected chi connectivity index (χ1v) is 8.86. The Balaban J connectivity index is 1.70. The quantitative estimate of drug-likeness (QED) is 0.852. The summed E-state index contributed by atoms with van der Waals surface area (Å²) in [6.07, 6.45) is 7.79. The molecule has 0 radical (unpaired) electrons. The fraction of sp³-hybridized carbons (Fsp3) is 0.750. The third-order valence-electron chi connectivity index (χ3n) is 4.75. The summed E-state index contributed by atoms with van der Waals surface area (Å²) in [7, 11) is 0. The van der Waals surface area contributed by atoms with Gasteiger partial charge in [-0.15, -0.1) is 11.3 Å². The summed E-state index contributed by atoms with van der Waals surface area (Å²) in [6.45, 7) is 4.22. The van der Waals surface area contributed by atoms with Crippen molar-refractivity contribution in [2.75, 3.05) is 6.54 Å². The van der Waals surface area contributed by atoms with Gasteiger partial charge in [0.15, 0.2) is 0 Å². The Kier molecular flexibility index (Phi) is 4.51. The van der Waals surface area contributed by atoms with Gasteiger partial charge in [0, 0.05) is 30.3 Å². The highest BCUT2D eigenvalue weighted by Crippen LogP contribution is 2.33. The molecular formula is C16H24N2OS. The molecule has 20 heavy (non-hydrogen) atoms. The number of Topliss-reactive ketones (excluding diaryl/α,β-unsaturated/α-hetero) is 1. The number of carbonyl (C=O) groups excluding carboxylic acids is 1. The van der Waals surface area contributed by atoms with Crippen LogP contribution in [0.15, 0.2) is 5.38 Å². The van der Waals surface area contributed by atoms with Gasteiger partial charge in [0.25, 0.3) is 0 Å². The van der Waals surface area contributed by atoms with Crippen LogP contribution in [0.25, 0.3) is 0 Å². The first-order chi connectivity index (χ1) is 9.78. The first-order valence-electron chi connectivity index (χ1n) is 7.98. The molecule has 2 unspecified atom stereocenters. The van der Waals surface area contributed by atoms with E-state index < -0.39 is 0 Å². The third-order valence-corrected chi connectivity index (χ3v) is 5.79. The Morgan fingerprint density at radius 2 is 2.25 bits per heavy atom. The van der Waals surface area contributed by atoms with Crippen molar-refractivity contribution in [2.45, 2.75) is 64.5 Å². The molecule has 3 nitrogen and oxygen atoms in total. The monoisotopic (exact) mass is 292 g/mol. The van der Waals surface area contributed by atoms with E-state index in [1.54, 1.807) is 11.3 Å². The smallest absolute Gasteiger partial charge is 0.137 e. The number of piperidine rings is 1. The van der Waals surface area contributed by atoms with Gasteiger partial charge >= 0.3 is 0 Å². The van der Waals surface area contributed by atoms with Crippen molar-refractivity contribution in [3.8, 4) is 0 Å². The number of carbonyl (C=O) groups is 1. The van der Waals surface area contributed by atoms with Crippen LogP contribution in [0.3, 0.4) is 0 Å². The number of aromatic nitrogens is 1. The maximum Gasteiger partial charge on any atom is 0.137 e. The van der Waals surface area contributed by atoms with Gasteiger partial charge in [0.1, 0.15) is 5.78 Å². The zero-order valence-corrected chi connectivity index (χ0v) is 13.1. The van der Waals surface area contributed by atoms with Crippen molar-refractivity contribution >= 4 is 17.1 Å². The second kappa shape index (κ2) is 6.35. The van der Waals surface area contributed by atoms with E-state index in [4.69, 9.17) is 4.98 Å². The topological polar surface area (TPSA) is 33.2 Å². The van der Waals surface area contributed by atoms with Crippen molar-refractivity contribution in [1.82, 2.24) is 9.88 Å². The highest BCUT2D eigenvalue weighted by Gasteiger charge is 2.36. The summed E-state index contributed by atoms with van der Waals surface area (Å²) in [6, 6.07) is 0.477. The Labute approximate surface area is 125 Å². The second-order valence-corrected chi connectivity index (χ2v) is 7.03. The molecule has 0 amide bonds. The maximum atomic E-state index is 12.1. The van der Waals surface area contributed by atoms with Crippen LogP contribution in [-0.4, -0.2) is 28.3 Å². The number of hydrogen-bond acceptors (Lipinski definition) is 4. The minimum Gasteiger partial charge on any atom is -0.299 e. The molecule has 1 aromatic rings. The molecule has 110 valence electrons. The zero-order chi connectivity index (χ0) is 13.9. The second-order valence-electron chi connectivity index (χ2n) is 6.08. The molecule has 2 fully saturated rings. The van der Waals surface area contributed by atoms with Crippen molar-refractivity contribution < 1.29 is 4.79 Å². The highest BCUT2D eigenvalue weighted by molar-refractivity contribution is 7.09. The van der Waals surface area contributed by atoms with Crippen LogP contribution in [0, 0.1) is 5.92 Å². The van der Waals surface area contributed by atoms with Crippen LogP contribution in [0.1, 0.15) is 56.2 Å². The van der Waals surface area contributed by atoms with Crippen molar-refractivity contribution in [3.05, 3.63) is 16.1 Å². The van der Waals surface area contributed by atoms with E-state index in [-0.39, 0.29) is 0 Å². The summed E-state index contributed by atoms with van der Waals surface area (Å²) >= 11 is 1.77. The number of hydrogen-bond donors (Lipinski definition) is 0. The van der Waals surface area contributed by atoms with Gasteiger partial charge < -0.3 is 0 Å². The fourth-order valence-corrected chi connectivity index (χ4v) is 4.45. The summed E-state index contributed by atoms with van der Waals surface area (Å²) in [5.74, 6) is 0.814. The minimum absolute atomic E-state index is 0.305. The molecule has 2 aliphatic rings. The minimum atomic E-state index is 0.305. The number of aryl methyl sites for hydroxylation is 1. The average Bonchev–Trinajstić information content (AvgIpc) is 3.08. The molecule has 0 aromatic carbocycles. The van der Waals surface area contributed by atoms with E-state index in [9.17, 15) is 4.79 Å². The molecule has 2 heterocycles. The van der Waals surface area contributed by atoms with E-state index in [1.165, 1.54) is 30.0 Å². The van der Waals surface area contributed by atoms with Crippen molar-refractivity contribution in [1.29, 1.82) is 0 Å². The van der Waals surface area contributed by atoms with Crippen LogP contribution in [-0.2, 0) is 17.8 Å². The van der Waals surface area contributed by atoms with E-state index >= 15 is 0 Å². The van der Waals surface area contributed by atoms with E-state index in [2.05, 4.69) is 17.2 Å². The highest BCUT2D eigenvalue weighted by atomic mass is 32.1. The average molecular weight is 292 g/mol. The standard InChI is InChI=1S/C16H24N2OS/c1-2-16-17-12(11-20-16)10-18-9-4-3-7-14(18)13-6-5-8-15(13)19/h11,13-14H,2-10H2,1H3. The lowest BCUT2D eigenvalue weighted by Gasteiger charge is -2.38. The molecule has 1 saturated heterocycles. The number of likely N-dealkylation sites (tertiary alicyclic amines) is 1. The molecule has 2 atom stereocenters. The molecule has 0 spiro atoms. The predicted molar refractivity (Wildman–Crippen MR) is 81.9 cm³/mol. The molecule has 1 aliphatic heterocycles. The van der Waals surface area contributed by atoms with Gasteiger partial charge in [0.05, 0.1) is 10.7 Å². The lowest BCUT2D eigenvalue weighted by atomic mass is 9.88. The molecular weight excluding hydrogens is 268 g/mol. The Morgan fingerprint density at radius 3 is 2.95 bits per heavy atom. The molecule has 3 rings (SSSR count). The number of rotatable bonds is 4. The van der Waals surface area contributed by atoms with E-state index in [1.807, 2.05) is 0 Å². The fourth-order valence-electron chi connectivity index (χ4n) is 3.71. The molecule has 0 N–H and O–H groups in total. The lowest BCUT2D eigenvalue weighted by Crippen LogP contribution is -2.44. The Morgan fingerprint density at radius 1 is 1.35 bits per heavy atom. The third kappa shape index (κ3) is 2.96. The Hall–Kier alpha value is -0.740. The summed E-state index contributed by atoms with van der Waals surface area (Å²) in [5, 5.41) is 3.42. The normalized spacial score (nSPS) is 28.1. The molecule has 1 saturated carbocycles. The van der Waals surface area contributed by atoms with Gasteiger partial charge in [-0.25, -0.2) is 4.98 Å². The molecule has 1 aromatic heterocycles. The number of thiazole rings is 1. The van der Waals surface area contributed by atoms with Gasteiger partial charge in [-0.1, -0.05) is 13.3 Å². The lowest BCUT2D eigenvalue weighted by molar-refractivity contribution is -0.123. The van der Waals surface area contributed by atoms with Crippen LogP contribution in [0.4, 0.5) is 0 Å². The van der Waals surface area contributed by atoms with Gasteiger partial charge in [-0.3, -0.25) is 9.69 Å². The summed E-state index contributed by atoms with van der Waals surface area (Å²) < 4.78 is 0. The first kappa shape index (κ1) is 14.2.